The molecule has 0 heterocycles. The quantitative estimate of drug-likeness (QED) is 0.499. The molecule has 178 valence electrons. The third kappa shape index (κ3) is 3.92. The number of hydrogen-bond donors (Lipinski definition) is 4. The van der Waals surface area contributed by atoms with Crippen molar-refractivity contribution in [2.45, 2.75) is 37.3 Å². The van der Waals surface area contributed by atoms with E-state index in [1.807, 2.05) is 24.3 Å². The maximum atomic E-state index is 12.9. The highest BCUT2D eigenvalue weighted by molar-refractivity contribution is 5.86. The molecule has 5 rings (SSSR count). The topological polar surface area (TPSA) is 125 Å². The molecule has 2 saturated carbocycles. The Morgan fingerprint density at radius 3 is 2.21 bits per heavy atom. The van der Waals surface area contributed by atoms with Crippen molar-refractivity contribution in [3.63, 3.8) is 0 Å². The lowest BCUT2D eigenvalue weighted by atomic mass is 9.83. The Labute approximate surface area is 197 Å². The average Bonchev–Trinajstić information content (AvgIpc) is 3.53. The lowest BCUT2D eigenvalue weighted by Crippen LogP contribution is -2.53. The first kappa shape index (κ1) is 22.4. The first-order chi connectivity index (χ1) is 16.5. The first-order valence-corrected chi connectivity index (χ1v) is 11.7. The third-order valence-electron chi connectivity index (χ3n) is 7.64. The van der Waals surface area contributed by atoms with Gasteiger partial charge in [0.15, 0.2) is 0 Å². The predicted octanol–water partition coefficient (Wildman–Crippen LogP) is 2.50. The summed E-state index contributed by atoms with van der Waals surface area (Å²) in [7, 11) is 0. The van der Waals surface area contributed by atoms with E-state index in [1.165, 1.54) is 0 Å². The number of rotatable bonds is 7. The van der Waals surface area contributed by atoms with Crippen molar-refractivity contribution in [1.29, 1.82) is 0 Å². The van der Waals surface area contributed by atoms with E-state index in [0.29, 0.717) is 0 Å². The van der Waals surface area contributed by atoms with Gasteiger partial charge in [-0.25, -0.2) is 9.59 Å². The molecule has 4 unspecified atom stereocenters. The van der Waals surface area contributed by atoms with Gasteiger partial charge < -0.3 is 25.6 Å². The number of carbonyl (C=O) groups is 3. The van der Waals surface area contributed by atoms with Gasteiger partial charge in [-0.2, -0.15) is 0 Å². The minimum absolute atomic E-state index is 0.0573. The van der Waals surface area contributed by atoms with Crippen LogP contribution in [0.1, 0.15) is 36.3 Å². The molecule has 8 nitrogen and oxygen atoms in total. The zero-order valence-corrected chi connectivity index (χ0v) is 18.6. The minimum atomic E-state index is -1.36. The number of hydrogen-bond acceptors (Lipinski definition) is 5. The molecule has 0 saturated heterocycles. The second-order valence-electron chi connectivity index (χ2n) is 9.44. The summed E-state index contributed by atoms with van der Waals surface area (Å²) in [5, 5.41) is 23.7. The fourth-order valence-electron chi connectivity index (χ4n) is 6.11. The van der Waals surface area contributed by atoms with Crippen LogP contribution in [0.5, 0.6) is 0 Å². The van der Waals surface area contributed by atoms with E-state index < -0.39 is 42.6 Å². The number of carboxylic acid groups (broad SMARTS) is 1. The average molecular weight is 465 g/mol. The van der Waals surface area contributed by atoms with Crippen LogP contribution in [-0.2, 0) is 14.3 Å². The lowest BCUT2D eigenvalue weighted by Gasteiger charge is -2.31. The second kappa shape index (κ2) is 9.10. The van der Waals surface area contributed by atoms with Gasteiger partial charge in [-0.05, 0) is 53.4 Å². The molecular weight excluding hydrogens is 436 g/mol. The highest BCUT2D eigenvalue weighted by atomic mass is 16.5. The van der Waals surface area contributed by atoms with E-state index in [4.69, 9.17) is 9.84 Å². The van der Waals surface area contributed by atoms with Crippen molar-refractivity contribution in [2.75, 3.05) is 13.2 Å². The van der Waals surface area contributed by atoms with Crippen molar-refractivity contribution < 1.29 is 29.3 Å². The predicted molar refractivity (Wildman–Crippen MR) is 123 cm³/mol. The van der Waals surface area contributed by atoms with Gasteiger partial charge in [0.25, 0.3) is 0 Å². The monoisotopic (exact) mass is 464 g/mol. The Bertz CT molecular complexity index is 1070. The van der Waals surface area contributed by atoms with Crippen molar-refractivity contribution in [1.82, 2.24) is 10.6 Å². The summed E-state index contributed by atoms with van der Waals surface area (Å²) in [6.45, 7) is -0.504. The SMILES string of the molecule is O=C(NC1C2CCC(C2)C1C(=O)N[C@@H](CO)C(=O)O)OCC1c2ccccc2-c2ccccc21. The Hall–Kier alpha value is -3.39. The van der Waals surface area contributed by atoms with E-state index in [-0.39, 0.29) is 24.4 Å². The second-order valence-corrected chi connectivity index (χ2v) is 9.44. The Balaban J connectivity index is 1.25. The zero-order valence-electron chi connectivity index (χ0n) is 18.6. The molecule has 5 atom stereocenters. The highest BCUT2D eigenvalue weighted by Gasteiger charge is 2.52. The number of ether oxygens (including phenoxy) is 1. The van der Waals surface area contributed by atoms with E-state index >= 15 is 0 Å². The van der Waals surface area contributed by atoms with Gasteiger partial charge in [-0.1, -0.05) is 48.5 Å². The smallest absolute Gasteiger partial charge is 0.407 e. The van der Waals surface area contributed by atoms with Crippen LogP contribution < -0.4 is 10.6 Å². The van der Waals surface area contributed by atoms with E-state index in [9.17, 15) is 19.5 Å². The Morgan fingerprint density at radius 1 is 0.971 bits per heavy atom. The molecule has 2 aromatic rings. The first-order valence-electron chi connectivity index (χ1n) is 11.7. The molecule has 0 aliphatic heterocycles. The number of carboxylic acids is 1. The van der Waals surface area contributed by atoms with Gasteiger partial charge in [0.05, 0.1) is 12.5 Å². The van der Waals surface area contributed by atoms with Crippen LogP contribution in [0.3, 0.4) is 0 Å². The molecule has 8 heteroatoms. The number of amides is 2. The molecule has 4 N–H and O–H groups in total. The third-order valence-corrected chi connectivity index (χ3v) is 7.64. The standard InChI is InChI=1S/C26H28N2O6/c29-12-21(25(31)32)27-24(30)22-14-9-10-15(11-14)23(22)28-26(33)34-13-20-18-7-3-1-5-16(18)17-6-2-4-8-19(17)20/h1-8,14-15,20-23,29H,9-13H2,(H,27,30)(H,28,33)(H,31,32)/t14?,15?,21-,22?,23?/m0/s1. The number of aliphatic carboxylic acids is 1. The van der Waals surface area contributed by atoms with Crippen LogP contribution in [0.25, 0.3) is 11.1 Å². The van der Waals surface area contributed by atoms with Gasteiger partial charge >= 0.3 is 12.1 Å². The van der Waals surface area contributed by atoms with Crippen molar-refractivity contribution in [3.05, 3.63) is 59.7 Å². The molecule has 0 radical (unpaired) electrons. The fraction of sp³-hybridized carbons (Fsp3) is 0.423. The minimum Gasteiger partial charge on any atom is -0.480 e. The number of nitrogens with one attached hydrogen (secondary N) is 2. The van der Waals surface area contributed by atoms with E-state index in [2.05, 4.69) is 34.9 Å². The number of fused-ring (bicyclic) bond motifs is 5. The summed E-state index contributed by atoms with van der Waals surface area (Å²) in [4.78, 5) is 36.9. The van der Waals surface area contributed by atoms with E-state index in [0.717, 1.165) is 41.5 Å². The molecule has 3 aliphatic carbocycles. The summed E-state index contributed by atoms with van der Waals surface area (Å²) in [6, 6.07) is 14.4. The fourth-order valence-corrected chi connectivity index (χ4v) is 6.11. The molecule has 0 aromatic heterocycles. The number of aliphatic hydroxyl groups is 1. The lowest BCUT2D eigenvalue weighted by molar-refractivity contribution is -0.144. The van der Waals surface area contributed by atoms with Crippen LogP contribution in [0, 0.1) is 17.8 Å². The largest absolute Gasteiger partial charge is 0.480 e. The van der Waals surface area contributed by atoms with Gasteiger partial charge in [0, 0.05) is 12.0 Å². The Kier molecular flexibility index (Phi) is 6.00. The molecule has 34 heavy (non-hydrogen) atoms. The van der Waals surface area contributed by atoms with Gasteiger partial charge in [-0.3, -0.25) is 4.79 Å². The molecule has 0 spiro atoms. The van der Waals surface area contributed by atoms with Crippen LogP contribution in [0.4, 0.5) is 4.79 Å². The number of carbonyl (C=O) groups excluding carboxylic acids is 2. The highest BCUT2D eigenvalue weighted by Crippen LogP contribution is 2.49. The number of alkyl carbamates (subject to hydrolysis) is 1. The normalized spacial score (nSPS) is 25.3. The van der Waals surface area contributed by atoms with Crippen LogP contribution in [0.15, 0.2) is 48.5 Å². The summed E-state index contributed by atoms with van der Waals surface area (Å²) in [6.07, 6.45) is 2.01. The summed E-state index contributed by atoms with van der Waals surface area (Å²) < 4.78 is 5.66. The Morgan fingerprint density at radius 2 is 1.59 bits per heavy atom. The molecule has 2 amide bonds. The maximum Gasteiger partial charge on any atom is 0.407 e. The van der Waals surface area contributed by atoms with Crippen molar-refractivity contribution in [3.8, 4) is 11.1 Å². The maximum absolute atomic E-state index is 12.9. The molecule has 2 fully saturated rings. The summed E-state index contributed by atoms with van der Waals surface area (Å²) >= 11 is 0. The van der Waals surface area contributed by atoms with Gasteiger partial charge in [-0.15, -0.1) is 0 Å². The van der Waals surface area contributed by atoms with Crippen LogP contribution in [0.2, 0.25) is 0 Å². The number of aliphatic hydroxyl groups excluding tert-OH is 1. The molecular formula is C26H28N2O6. The summed E-state index contributed by atoms with van der Waals surface area (Å²) in [5.74, 6) is -2.10. The van der Waals surface area contributed by atoms with Crippen LogP contribution >= 0.6 is 0 Å². The van der Waals surface area contributed by atoms with Crippen LogP contribution in [-0.4, -0.2) is 53.5 Å². The van der Waals surface area contributed by atoms with Crippen molar-refractivity contribution in [2.24, 2.45) is 17.8 Å². The van der Waals surface area contributed by atoms with Crippen molar-refractivity contribution >= 4 is 18.0 Å². The number of benzene rings is 2. The van der Waals surface area contributed by atoms with E-state index in [1.54, 1.807) is 0 Å². The zero-order chi connectivity index (χ0) is 23.8. The van der Waals surface area contributed by atoms with Gasteiger partial charge in [0.2, 0.25) is 5.91 Å². The molecule has 2 aromatic carbocycles. The van der Waals surface area contributed by atoms with Gasteiger partial charge in [0.1, 0.15) is 12.6 Å². The molecule has 2 bridgehead atoms. The molecule has 3 aliphatic rings. The summed E-state index contributed by atoms with van der Waals surface area (Å²) in [5.41, 5.74) is 4.54.